The Hall–Kier alpha value is -1.60. The molecule has 1 aliphatic heterocycles. The van der Waals surface area contributed by atoms with Gasteiger partial charge in [-0.1, -0.05) is 44.2 Å². The summed E-state index contributed by atoms with van der Waals surface area (Å²) < 4.78 is 24.0. The first-order chi connectivity index (χ1) is 13.7. The van der Waals surface area contributed by atoms with E-state index in [1.807, 2.05) is 26.8 Å². The lowest BCUT2D eigenvalue weighted by molar-refractivity contribution is 0.219. The summed E-state index contributed by atoms with van der Waals surface area (Å²) in [6.45, 7) is 14.4. The maximum atomic E-state index is 12.4. The molecule has 0 aromatic heterocycles. The van der Waals surface area contributed by atoms with E-state index in [9.17, 15) is 8.42 Å². The molecule has 1 unspecified atom stereocenters. The van der Waals surface area contributed by atoms with Crippen molar-refractivity contribution in [1.29, 1.82) is 0 Å². The average Bonchev–Trinajstić information content (AvgIpc) is 2.68. The number of sulfone groups is 1. The number of likely N-dealkylation sites (N-methyl/N-ethyl adjacent to an activating group) is 1. The summed E-state index contributed by atoms with van der Waals surface area (Å²) in [6.07, 6.45) is 0.950. The molecule has 29 heavy (non-hydrogen) atoms. The number of hydrogen-bond acceptors (Lipinski definition) is 4. The van der Waals surface area contributed by atoms with Crippen molar-refractivity contribution in [1.82, 2.24) is 15.1 Å². The Bertz CT molecular complexity index is 758. The number of nitrogens with zero attached hydrogens (tertiary/aromatic N) is 3. The quantitative estimate of drug-likeness (QED) is 0.515. The van der Waals surface area contributed by atoms with Crippen LogP contribution in [-0.4, -0.2) is 80.0 Å². The van der Waals surface area contributed by atoms with Crippen molar-refractivity contribution in [3.63, 3.8) is 0 Å². The molecule has 1 aromatic carbocycles. The number of guanidine groups is 1. The van der Waals surface area contributed by atoms with Crippen LogP contribution in [0, 0.1) is 0 Å². The lowest BCUT2D eigenvalue weighted by Crippen LogP contribution is -2.57. The Labute approximate surface area is 177 Å². The minimum atomic E-state index is -3.07. The fraction of sp³-hybridized carbons (Fsp3) is 0.682. The van der Waals surface area contributed by atoms with E-state index in [1.54, 1.807) is 0 Å². The molecule has 1 atom stereocenters. The maximum absolute atomic E-state index is 12.4. The fourth-order valence-electron chi connectivity index (χ4n) is 3.88. The van der Waals surface area contributed by atoms with E-state index in [1.165, 1.54) is 5.56 Å². The number of aliphatic imine (C=N–C) groups is 1. The van der Waals surface area contributed by atoms with E-state index in [0.717, 1.165) is 32.0 Å². The second-order valence-electron chi connectivity index (χ2n) is 8.26. The Balaban J connectivity index is 2.20. The van der Waals surface area contributed by atoms with Crippen LogP contribution in [0.15, 0.2) is 35.3 Å². The Morgan fingerprint density at radius 2 is 1.86 bits per heavy atom. The number of rotatable bonds is 8. The minimum absolute atomic E-state index is 0.175. The maximum Gasteiger partial charge on any atom is 0.194 e. The van der Waals surface area contributed by atoms with Crippen molar-refractivity contribution < 1.29 is 8.42 Å². The number of benzene rings is 1. The molecule has 1 fully saturated rings. The third-order valence-corrected chi connectivity index (χ3v) is 8.31. The molecule has 0 spiro atoms. The Morgan fingerprint density at radius 1 is 1.21 bits per heavy atom. The summed E-state index contributed by atoms with van der Waals surface area (Å²) >= 11 is 0. The highest BCUT2D eigenvalue weighted by molar-refractivity contribution is 7.92. The zero-order chi connectivity index (χ0) is 21.5. The molecular formula is C22H38N4O2S. The Kier molecular flexibility index (Phi) is 8.52. The van der Waals surface area contributed by atoms with Crippen molar-refractivity contribution in [2.45, 2.75) is 51.8 Å². The van der Waals surface area contributed by atoms with Crippen LogP contribution in [-0.2, 0) is 16.3 Å². The van der Waals surface area contributed by atoms with Gasteiger partial charge >= 0.3 is 0 Å². The van der Waals surface area contributed by atoms with E-state index in [2.05, 4.69) is 53.2 Å². The van der Waals surface area contributed by atoms with Crippen LogP contribution in [0.5, 0.6) is 0 Å². The highest BCUT2D eigenvalue weighted by atomic mass is 32.2. The minimum Gasteiger partial charge on any atom is -0.357 e. The van der Waals surface area contributed by atoms with Crippen molar-refractivity contribution in [3.05, 3.63) is 35.9 Å². The SMILES string of the molecule is CCNC(=NCC(Cc1ccccc1)N(CC)CC)N1CCS(=O)(=O)C(C)(C)C1. The summed E-state index contributed by atoms with van der Waals surface area (Å²) in [5, 5.41) is 3.37. The fourth-order valence-corrected chi connectivity index (χ4v) is 5.24. The number of hydrogen-bond donors (Lipinski definition) is 1. The first-order valence-corrected chi connectivity index (χ1v) is 12.4. The first kappa shape index (κ1) is 23.7. The van der Waals surface area contributed by atoms with Gasteiger partial charge in [-0.05, 0) is 45.8 Å². The van der Waals surface area contributed by atoms with Crippen molar-refractivity contribution in [2.75, 3.05) is 45.0 Å². The van der Waals surface area contributed by atoms with Crippen LogP contribution in [0.3, 0.4) is 0 Å². The van der Waals surface area contributed by atoms with Crippen molar-refractivity contribution >= 4 is 15.8 Å². The standard InChI is InChI=1S/C22H38N4O2S/c1-6-23-21(26-14-15-29(27,28)22(4,5)18-26)24-17-20(25(7-2)8-3)16-19-12-10-9-11-13-19/h9-13,20H,6-8,14-18H2,1-5H3,(H,23,24). The third-order valence-electron chi connectivity index (χ3n) is 5.77. The summed E-state index contributed by atoms with van der Waals surface area (Å²) in [5.41, 5.74) is 1.31. The van der Waals surface area contributed by atoms with Crippen LogP contribution in [0.1, 0.15) is 40.2 Å². The smallest absolute Gasteiger partial charge is 0.194 e. The second-order valence-corrected chi connectivity index (χ2v) is 11.0. The Morgan fingerprint density at radius 3 is 2.41 bits per heavy atom. The summed E-state index contributed by atoms with van der Waals surface area (Å²) in [6, 6.07) is 10.9. The summed E-state index contributed by atoms with van der Waals surface area (Å²) in [7, 11) is -3.07. The molecule has 1 aromatic rings. The van der Waals surface area contributed by atoms with Crippen LogP contribution in [0.25, 0.3) is 0 Å². The van der Waals surface area contributed by atoms with Gasteiger partial charge in [0.05, 0.1) is 17.0 Å². The lowest BCUT2D eigenvalue weighted by atomic mass is 10.0. The normalized spacial score (nSPS) is 19.9. The molecular weight excluding hydrogens is 384 g/mol. The predicted octanol–water partition coefficient (Wildman–Crippen LogP) is 2.41. The largest absolute Gasteiger partial charge is 0.357 e. The summed E-state index contributed by atoms with van der Waals surface area (Å²) in [5.74, 6) is 0.995. The molecule has 0 bridgehead atoms. The van der Waals surface area contributed by atoms with Gasteiger partial charge in [0, 0.05) is 25.7 Å². The van der Waals surface area contributed by atoms with Crippen LogP contribution >= 0.6 is 0 Å². The van der Waals surface area contributed by atoms with E-state index < -0.39 is 14.6 Å². The highest BCUT2D eigenvalue weighted by Crippen LogP contribution is 2.23. The molecule has 2 rings (SSSR count). The summed E-state index contributed by atoms with van der Waals surface area (Å²) in [4.78, 5) is 9.51. The molecule has 6 nitrogen and oxygen atoms in total. The van der Waals surface area contributed by atoms with E-state index >= 15 is 0 Å². The second kappa shape index (κ2) is 10.4. The third kappa shape index (κ3) is 6.19. The molecule has 0 radical (unpaired) electrons. The zero-order valence-electron chi connectivity index (χ0n) is 18.7. The van der Waals surface area contributed by atoms with Crippen LogP contribution < -0.4 is 5.32 Å². The van der Waals surface area contributed by atoms with Crippen molar-refractivity contribution in [3.8, 4) is 0 Å². The lowest BCUT2D eigenvalue weighted by Gasteiger charge is -2.39. The van der Waals surface area contributed by atoms with Crippen LogP contribution in [0.4, 0.5) is 0 Å². The first-order valence-electron chi connectivity index (χ1n) is 10.8. The van der Waals surface area contributed by atoms with Crippen molar-refractivity contribution in [2.24, 2.45) is 4.99 Å². The van der Waals surface area contributed by atoms with Gasteiger partial charge in [0.2, 0.25) is 0 Å². The zero-order valence-corrected chi connectivity index (χ0v) is 19.5. The molecule has 0 amide bonds. The van der Waals surface area contributed by atoms with Gasteiger partial charge in [-0.15, -0.1) is 0 Å². The van der Waals surface area contributed by atoms with Gasteiger partial charge < -0.3 is 10.2 Å². The topological polar surface area (TPSA) is 65.0 Å². The van der Waals surface area contributed by atoms with Gasteiger partial charge in [0.1, 0.15) is 0 Å². The van der Waals surface area contributed by atoms with E-state index in [-0.39, 0.29) is 5.75 Å². The molecule has 1 heterocycles. The van der Waals surface area contributed by atoms with Crippen LogP contribution in [0.2, 0.25) is 0 Å². The number of nitrogens with one attached hydrogen (secondary N) is 1. The van der Waals surface area contributed by atoms with E-state index in [0.29, 0.717) is 25.7 Å². The molecule has 7 heteroatoms. The molecule has 0 aliphatic carbocycles. The molecule has 1 saturated heterocycles. The van der Waals surface area contributed by atoms with Gasteiger partial charge in [0.25, 0.3) is 0 Å². The molecule has 164 valence electrons. The van der Waals surface area contributed by atoms with Gasteiger partial charge in [0.15, 0.2) is 15.8 Å². The average molecular weight is 423 g/mol. The molecule has 0 saturated carbocycles. The van der Waals surface area contributed by atoms with Gasteiger partial charge in [-0.2, -0.15) is 0 Å². The highest BCUT2D eigenvalue weighted by Gasteiger charge is 2.41. The monoisotopic (exact) mass is 422 g/mol. The molecule has 1 N–H and O–H groups in total. The van der Waals surface area contributed by atoms with Gasteiger partial charge in [-0.3, -0.25) is 9.89 Å². The van der Waals surface area contributed by atoms with E-state index in [4.69, 9.17) is 4.99 Å². The predicted molar refractivity (Wildman–Crippen MR) is 122 cm³/mol. The van der Waals surface area contributed by atoms with Gasteiger partial charge in [-0.25, -0.2) is 8.42 Å². The molecule has 1 aliphatic rings.